The van der Waals surface area contributed by atoms with E-state index in [1.54, 1.807) is 11.0 Å². The molecule has 2 saturated heterocycles. The van der Waals surface area contributed by atoms with Crippen molar-refractivity contribution >= 4 is 34.9 Å². The van der Waals surface area contributed by atoms with Crippen molar-refractivity contribution in [1.29, 1.82) is 5.26 Å². The lowest BCUT2D eigenvalue weighted by molar-refractivity contribution is -0.128. The number of rotatable bonds is 8. The zero-order valence-corrected chi connectivity index (χ0v) is 23.7. The van der Waals surface area contributed by atoms with Crippen LogP contribution in [0.3, 0.4) is 0 Å². The quantitative estimate of drug-likeness (QED) is 0.442. The van der Waals surface area contributed by atoms with Gasteiger partial charge in [0.1, 0.15) is 12.4 Å². The summed E-state index contributed by atoms with van der Waals surface area (Å²) in [6.45, 7) is 8.71. The smallest absolute Gasteiger partial charge is 0.318 e. The molecule has 1 aromatic carbocycles. The highest BCUT2D eigenvalue weighted by Gasteiger charge is 2.34. The molecule has 1 amide bonds. The minimum Gasteiger partial charge on any atom is -0.462 e. The summed E-state index contributed by atoms with van der Waals surface area (Å²) in [6.07, 6.45) is 3.81. The molecule has 0 spiro atoms. The first-order valence-electron chi connectivity index (χ1n) is 13.3. The van der Waals surface area contributed by atoms with Gasteiger partial charge in [0.25, 0.3) is 0 Å². The lowest BCUT2D eigenvalue weighted by atomic mass is 10.1. The van der Waals surface area contributed by atoms with Gasteiger partial charge in [-0.25, -0.2) is 0 Å². The van der Waals surface area contributed by atoms with E-state index in [4.69, 9.17) is 37.9 Å². The monoisotopic (exact) mass is 569 g/mol. The van der Waals surface area contributed by atoms with Crippen molar-refractivity contribution in [3.8, 4) is 12.1 Å². The summed E-state index contributed by atoms with van der Waals surface area (Å²) < 4.78 is 6.18. The van der Waals surface area contributed by atoms with Crippen molar-refractivity contribution in [2.24, 2.45) is 0 Å². The number of anilines is 1. The van der Waals surface area contributed by atoms with Gasteiger partial charge in [-0.2, -0.15) is 15.2 Å². The van der Waals surface area contributed by atoms with E-state index in [1.165, 1.54) is 6.08 Å². The summed E-state index contributed by atoms with van der Waals surface area (Å²) >= 11 is 12.7. The molecule has 1 aromatic heterocycles. The van der Waals surface area contributed by atoms with Gasteiger partial charge in [0.15, 0.2) is 0 Å². The lowest BCUT2D eigenvalue weighted by Gasteiger charge is -2.41. The van der Waals surface area contributed by atoms with Crippen LogP contribution < -0.4 is 9.64 Å². The molecule has 0 N–H and O–H groups in total. The largest absolute Gasteiger partial charge is 0.462 e. The van der Waals surface area contributed by atoms with Gasteiger partial charge in [-0.05, 0) is 56.3 Å². The van der Waals surface area contributed by atoms with Gasteiger partial charge < -0.3 is 19.4 Å². The molecule has 2 atom stereocenters. The van der Waals surface area contributed by atoms with Crippen LogP contribution in [-0.2, 0) is 24.4 Å². The number of hydrogen-bond donors (Lipinski definition) is 0. The Bertz CT molecular complexity index is 1280. The van der Waals surface area contributed by atoms with E-state index in [1.807, 2.05) is 12.1 Å². The predicted molar refractivity (Wildman–Crippen MR) is 151 cm³/mol. The number of nitriles is 1. The van der Waals surface area contributed by atoms with Crippen molar-refractivity contribution in [1.82, 2.24) is 24.7 Å². The van der Waals surface area contributed by atoms with Crippen LogP contribution in [0.1, 0.15) is 36.1 Å². The molecule has 11 heteroatoms. The molecule has 5 rings (SSSR count). The van der Waals surface area contributed by atoms with Crippen molar-refractivity contribution in [2.45, 2.75) is 51.0 Å². The number of piperazine rings is 1. The Labute approximate surface area is 239 Å². The first kappa shape index (κ1) is 27.7. The second-order valence-corrected chi connectivity index (χ2v) is 11.3. The fourth-order valence-electron chi connectivity index (χ4n) is 5.72. The van der Waals surface area contributed by atoms with Gasteiger partial charge in [-0.3, -0.25) is 9.69 Å². The summed E-state index contributed by atoms with van der Waals surface area (Å²) in [4.78, 5) is 30.7. The molecular weight excluding hydrogens is 537 g/mol. The summed E-state index contributed by atoms with van der Waals surface area (Å²) in [5.41, 5.74) is 2.92. The summed E-state index contributed by atoms with van der Waals surface area (Å²) in [7, 11) is 2.12. The fourth-order valence-corrected chi connectivity index (χ4v) is 6.09. The number of carbonyl (C=O) groups is 1. The summed E-state index contributed by atoms with van der Waals surface area (Å²) in [5, 5.41) is 10.8. The highest BCUT2D eigenvalue weighted by Crippen LogP contribution is 2.34. The van der Waals surface area contributed by atoms with Crippen LogP contribution in [0.25, 0.3) is 0 Å². The molecule has 39 heavy (non-hydrogen) atoms. The highest BCUT2D eigenvalue weighted by molar-refractivity contribution is 6.33. The SMILES string of the molecule is C=CC(=O)N1CCN(c2nc(OC[C@@H]3CCCN3C)nc3c2CN(Cc2cc(Cl)ccc2Cl)C3)C[C@@H]1CC#N. The van der Waals surface area contributed by atoms with E-state index in [2.05, 4.69) is 34.4 Å². The first-order chi connectivity index (χ1) is 18.9. The Morgan fingerprint density at radius 2 is 2.08 bits per heavy atom. The van der Waals surface area contributed by atoms with Gasteiger partial charge in [0.05, 0.1) is 24.2 Å². The molecule has 9 nitrogen and oxygen atoms in total. The number of likely N-dealkylation sites (N-methyl/N-ethyl adjacent to an activating group) is 1. The van der Waals surface area contributed by atoms with Crippen LogP contribution in [0.5, 0.6) is 6.01 Å². The molecule has 0 aliphatic carbocycles. The van der Waals surface area contributed by atoms with Gasteiger partial charge in [-0.15, -0.1) is 0 Å². The van der Waals surface area contributed by atoms with Crippen molar-refractivity contribution in [2.75, 3.05) is 44.7 Å². The molecule has 0 saturated carbocycles. The van der Waals surface area contributed by atoms with E-state index in [-0.39, 0.29) is 18.4 Å². The van der Waals surface area contributed by atoms with Crippen LogP contribution in [-0.4, -0.2) is 82.5 Å². The van der Waals surface area contributed by atoms with Crippen LogP contribution in [0.2, 0.25) is 10.0 Å². The summed E-state index contributed by atoms with van der Waals surface area (Å²) in [5.74, 6) is 0.653. The average Bonchev–Trinajstić information content (AvgIpc) is 3.53. The molecule has 3 aliphatic heterocycles. The third-order valence-electron chi connectivity index (χ3n) is 7.85. The Morgan fingerprint density at radius 1 is 1.23 bits per heavy atom. The number of hydrogen-bond acceptors (Lipinski definition) is 8. The van der Waals surface area contributed by atoms with E-state index in [0.29, 0.717) is 68.0 Å². The molecule has 206 valence electrons. The first-order valence-corrected chi connectivity index (χ1v) is 14.1. The van der Waals surface area contributed by atoms with Crippen molar-refractivity contribution in [3.63, 3.8) is 0 Å². The predicted octanol–water partition coefficient (Wildman–Crippen LogP) is 3.89. The molecule has 3 aliphatic rings. The Hall–Kier alpha value is -2.90. The number of benzene rings is 1. The number of aromatic nitrogens is 2. The maximum absolute atomic E-state index is 12.4. The second-order valence-electron chi connectivity index (χ2n) is 10.4. The zero-order chi connectivity index (χ0) is 27.5. The molecule has 2 fully saturated rings. The maximum atomic E-state index is 12.4. The number of ether oxygens (including phenoxy) is 1. The maximum Gasteiger partial charge on any atom is 0.318 e. The Balaban J connectivity index is 1.41. The third kappa shape index (κ3) is 6.15. The van der Waals surface area contributed by atoms with Gasteiger partial charge in [0.2, 0.25) is 5.91 Å². The standard InChI is InChI=1S/C28H33Cl2N7O2/c1-3-26(38)37-12-11-36(15-21(37)8-9-31)27-23-16-35(14-19-13-20(29)6-7-24(19)30)17-25(23)32-28(33-27)39-18-22-5-4-10-34(22)2/h3,6-7,13,21-22H,1,4-5,8,10-12,14-18H2,2H3/t21-,22-/m0/s1. The van der Waals surface area contributed by atoms with Crippen molar-refractivity contribution in [3.05, 3.63) is 57.7 Å². The molecule has 0 bridgehead atoms. The van der Waals surface area contributed by atoms with E-state index in [0.717, 1.165) is 42.0 Å². The minimum absolute atomic E-state index is 0.155. The zero-order valence-electron chi connectivity index (χ0n) is 22.2. The normalized spacial score (nSPS) is 21.6. The number of amides is 1. The van der Waals surface area contributed by atoms with Gasteiger partial charge >= 0.3 is 6.01 Å². The third-order valence-corrected chi connectivity index (χ3v) is 8.45. The molecule has 0 unspecified atom stereocenters. The fraction of sp³-hybridized carbons (Fsp3) is 0.500. The second kappa shape index (κ2) is 12.1. The Kier molecular flexibility index (Phi) is 8.57. The molecule has 4 heterocycles. The van der Waals surface area contributed by atoms with E-state index < -0.39 is 0 Å². The topological polar surface area (TPSA) is 88.8 Å². The minimum atomic E-state index is -0.251. The van der Waals surface area contributed by atoms with E-state index in [9.17, 15) is 10.1 Å². The summed E-state index contributed by atoms with van der Waals surface area (Å²) in [6, 6.07) is 8.20. The van der Waals surface area contributed by atoms with Gasteiger partial charge in [-0.1, -0.05) is 29.8 Å². The van der Waals surface area contributed by atoms with Crippen LogP contribution in [0, 0.1) is 11.3 Å². The lowest BCUT2D eigenvalue weighted by Crippen LogP contribution is -2.55. The molecular formula is C28H33Cl2N7O2. The number of fused-ring (bicyclic) bond motifs is 1. The number of nitrogens with zero attached hydrogens (tertiary/aromatic N) is 7. The number of likely N-dealkylation sites (tertiary alicyclic amines) is 1. The average molecular weight is 571 g/mol. The molecule has 2 aromatic rings. The van der Waals surface area contributed by atoms with Crippen molar-refractivity contribution < 1.29 is 9.53 Å². The van der Waals surface area contributed by atoms with E-state index >= 15 is 0 Å². The van der Waals surface area contributed by atoms with Crippen LogP contribution in [0.4, 0.5) is 5.82 Å². The number of halogens is 2. The van der Waals surface area contributed by atoms with Crippen LogP contribution >= 0.6 is 23.2 Å². The highest BCUT2D eigenvalue weighted by atomic mass is 35.5. The van der Waals surface area contributed by atoms with Crippen LogP contribution in [0.15, 0.2) is 30.9 Å². The number of carbonyl (C=O) groups excluding carboxylic acids is 1. The molecule has 0 radical (unpaired) electrons. The van der Waals surface area contributed by atoms with Gasteiger partial charge in [0, 0.05) is 60.9 Å². The Morgan fingerprint density at radius 3 is 2.82 bits per heavy atom.